The van der Waals surface area contributed by atoms with Gasteiger partial charge in [-0.05, 0) is 36.6 Å². The van der Waals surface area contributed by atoms with Crippen molar-refractivity contribution in [1.82, 2.24) is 29.6 Å². The smallest absolute Gasteiger partial charge is 0.272 e. The molecule has 33 heavy (non-hydrogen) atoms. The SMILES string of the molecule is Cc1nc(Nc2ccccn2)cc(N2CCN(C(=O)c3cc(-c4cccs4)nn3C)CC2)n1. The predicted octanol–water partition coefficient (Wildman–Crippen LogP) is 3.35. The Hall–Kier alpha value is -3.79. The number of piperazine rings is 1. The van der Waals surface area contributed by atoms with Gasteiger partial charge in [0.25, 0.3) is 5.91 Å². The molecule has 1 aliphatic heterocycles. The van der Waals surface area contributed by atoms with Gasteiger partial charge in [-0.2, -0.15) is 5.10 Å². The van der Waals surface area contributed by atoms with E-state index in [0.717, 1.165) is 22.2 Å². The highest BCUT2D eigenvalue weighted by atomic mass is 32.1. The van der Waals surface area contributed by atoms with Crippen LogP contribution in [0.15, 0.2) is 54.0 Å². The molecule has 9 nitrogen and oxygen atoms in total. The van der Waals surface area contributed by atoms with Crippen LogP contribution in [0.5, 0.6) is 0 Å². The first-order valence-corrected chi connectivity index (χ1v) is 11.6. The summed E-state index contributed by atoms with van der Waals surface area (Å²) in [6.07, 6.45) is 1.74. The topological polar surface area (TPSA) is 92.1 Å². The number of nitrogens with zero attached hydrogens (tertiary/aromatic N) is 7. The van der Waals surface area contributed by atoms with Crippen molar-refractivity contribution in [2.75, 3.05) is 36.4 Å². The molecule has 1 amide bonds. The predicted molar refractivity (Wildman–Crippen MR) is 129 cm³/mol. The van der Waals surface area contributed by atoms with Crippen molar-refractivity contribution < 1.29 is 4.79 Å². The molecule has 10 heteroatoms. The Morgan fingerprint density at radius 2 is 1.88 bits per heavy atom. The van der Waals surface area contributed by atoms with E-state index in [0.29, 0.717) is 43.5 Å². The van der Waals surface area contributed by atoms with Crippen LogP contribution in [-0.2, 0) is 7.05 Å². The third-order valence-electron chi connectivity index (χ3n) is 5.51. The number of rotatable bonds is 5. The standard InChI is InChI=1S/C23H24N8OS/c1-16-25-21(27-20-7-3-4-8-24-20)15-22(26-16)30-9-11-31(12-10-30)23(32)18-14-17(28-29(18)2)19-6-5-13-33-19/h3-8,13-15H,9-12H2,1-2H3,(H,24,25,26,27). The molecule has 0 bridgehead atoms. The zero-order valence-electron chi connectivity index (χ0n) is 18.5. The quantitative estimate of drug-likeness (QED) is 0.488. The molecule has 0 radical (unpaired) electrons. The van der Waals surface area contributed by atoms with Gasteiger partial charge < -0.3 is 15.1 Å². The molecule has 0 aromatic carbocycles. The third kappa shape index (κ3) is 4.56. The molecular formula is C23H24N8OS. The molecule has 4 aromatic heterocycles. The fourth-order valence-electron chi connectivity index (χ4n) is 3.86. The van der Waals surface area contributed by atoms with E-state index in [1.807, 2.05) is 66.7 Å². The van der Waals surface area contributed by atoms with E-state index >= 15 is 0 Å². The second kappa shape index (κ2) is 8.99. The lowest BCUT2D eigenvalue weighted by molar-refractivity contribution is 0.0735. The van der Waals surface area contributed by atoms with Crippen LogP contribution < -0.4 is 10.2 Å². The summed E-state index contributed by atoms with van der Waals surface area (Å²) >= 11 is 1.62. The summed E-state index contributed by atoms with van der Waals surface area (Å²) in [5.74, 6) is 2.96. The van der Waals surface area contributed by atoms with Crippen LogP contribution >= 0.6 is 11.3 Å². The number of hydrogen-bond acceptors (Lipinski definition) is 8. The van der Waals surface area contributed by atoms with Crippen LogP contribution in [0.3, 0.4) is 0 Å². The van der Waals surface area contributed by atoms with Crippen molar-refractivity contribution in [3.63, 3.8) is 0 Å². The van der Waals surface area contributed by atoms with Gasteiger partial charge in [0.15, 0.2) is 0 Å². The average Bonchev–Trinajstić information content (AvgIpc) is 3.49. The van der Waals surface area contributed by atoms with Crippen molar-refractivity contribution in [3.05, 3.63) is 65.6 Å². The van der Waals surface area contributed by atoms with Crippen molar-refractivity contribution in [2.24, 2.45) is 7.05 Å². The van der Waals surface area contributed by atoms with E-state index in [9.17, 15) is 4.79 Å². The first kappa shape index (κ1) is 21.1. The fraction of sp³-hybridized carbons (Fsp3) is 0.261. The van der Waals surface area contributed by atoms with E-state index in [-0.39, 0.29) is 5.91 Å². The van der Waals surface area contributed by atoms with Gasteiger partial charge in [-0.25, -0.2) is 15.0 Å². The van der Waals surface area contributed by atoms with Gasteiger partial charge in [0.1, 0.15) is 34.7 Å². The first-order valence-electron chi connectivity index (χ1n) is 10.7. The fourth-order valence-corrected chi connectivity index (χ4v) is 4.54. The molecule has 1 N–H and O–H groups in total. The Morgan fingerprint density at radius 1 is 1.03 bits per heavy atom. The lowest BCUT2D eigenvalue weighted by atomic mass is 10.2. The molecular weight excluding hydrogens is 436 g/mol. The molecule has 1 fully saturated rings. The summed E-state index contributed by atoms with van der Waals surface area (Å²) in [5.41, 5.74) is 1.44. The summed E-state index contributed by atoms with van der Waals surface area (Å²) in [5, 5.41) is 9.77. The van der Waals surface area contributed by atoms with E-state index in [1.165, 1.54) is 0 Å². The highest BCUT2D eigenvalue weighted by molar-refractivity contribution is 7.13. The average molecular weight is 461 g/mol. The third-order valence-corrected chi connectivity index (χ3v) is 6.40. The van der Waals surface area contributed by atoms with Crippen molar-refractivity contribution >= 4 is 34.7 Å². The minimum absolute atomic E-state index is 0.00355. The molecule has 0 spiro atoms. The minimum Gasteiger partial charge on any atom is -0.353 e. The molecule has 0 unspecified atom stereocenters. The van der Waals surface area contributed by atoms with Crippen LogP contribution in [0.4, 0.5) is 17.5 Å². The summed E-state index contributed by atoms with van der Waals surface area (Å²) in [4.78, 5) is 31.7. The number of anilines is 3. The maximum Gasteiger partial charge on any atom is 0.272 e. The van der Waals surface area contributed by atoms with Crippen LogP contribution in [0.25, 0.3) is 10.6 Å². The summed E-state index contributed by atoms with van der Waals surface area (Å²) in [6, 6.07) is 13.5. The summed E-state index contributed by atoms with van der Waals surface area (Å²) in [6.45, 7) is 4.50. The maximum absolute atomic E-state index is 13.2. The normalized spacial score (nSPS) is 13.9. The van der Waals surface area contributed by atoms with Gasteiger partial charge in [-0.1, -0.05) is 12.1 Å². The summed E-state index contributed by atoms with van der Waals surface area (Å²) < 4.78 is 1.67. The Balaban J connectivity index is 1.26. The Kier molecular flexibility index (Phi) is 5.74. The van der Waals surface area contributed by atoms with E-state index in [4.69, 9.17) is 0 Å². The Bertz CT molecular complexity index is 1250. The molecule has 1 saturated heterocycles. The highest BCUT2D eigenvalue weighted by Gasteiger charge is 2.26. The lowest BCUT2D eigenvalue weighted by Crippen LogP contribution is -2.49. The van der Waals surface area contributed by atoms with Crippen LogP contribution in [-0.4, -0.2) is 61.7 Å². The zero-order valence-corrected chi connectivity index (χ0v) is 19.3. The molecule has 0 atom stereocenters. The van der Waals surface area contributed by atoms with Crippen LogP contribution in [0.2, 0.25) is 0 Å². The van der Waals surface area contributed by atoms with E-state index < -0.39 is 0 Å². The van der Waals surface area contributed by atoms with Gasteiger partial charge in [-0.15, -0.1) is 11.3 Å². The lowest BCUT2D eigenvalue weighted by Gasteiger charge is -2.35. The van der Waals surface area contributed by atoms with Gasteiger partial charge >= 0.3 is 0 Å². The monoisotopic (exact) mass is 460 g/mol. The highest BCUT2D eigenvalue weighted by Crippen LogP contribution is 2.25. The van der Waals surface area contributed by atoms with Crippen LogP contribution in [0, 0.1) is 6.92 Å². The number of nitrogens with one attached hydrogen (secondary N) is 1. The Morgan fingerprint density at radius 3 is 2.61 bits per heavy atom. The molecule has 0 aliphatic carbocycles. The van der Waals surface area contributed by atoms with Gasteiger partial charge in [0, 0.05) is 45.5 Å². The number of thiophene rings is 1. The van der Waals surface area contributed by atoms with Gasteiger partial charge in [0.2, 0.25) is 0 Å². The van der Waals surface area contributed by atoms with Gasteiger partial charge in [-0.3, -0.25) is 9.48 Å². The van der Waals surface area contributed by atoms with E-state index in [1.54, 1.807) is 22.2 Å². The number of aromatic nitrogens is 5. The van der Waals surface area contributed by atoms with Gasteiger partial charge in [0.05, 0.1) is 4.88 Å². The number of amides is 1. The van der Waals surface area contributed by atoms with Crippen molar-refractivity contribution in [2.45, 2.75) is 6.92 Å². The second-order valence-corrected chi connectivity index (χ2v) is 8.74. The van der Waals surface area contributed by atoms with Crippen molar-refractivity contribution in [1.29, 1.82) is 0 Å². The molecule has 5 rings (SSSR count). The number of aryl methyl sites for hydroxylation is 2. The van der Waals surface area contributed by atoms with Crippen molar-refractivity contribution in [3.8, 4) is 10.6 Å². The number of carbonyl (C=O) groups is 1. The first-order chi connectivity index (χ1) is 16.1. The number of pyridine rings is 1. The molecule has 5 heterocycles. The largest absolute Gasteiger partial charge is 0.353 e. The Labute approximate surface area is 195 Å². The number of hydrogen-bond donors (Lipinski definition) is 1. The molecule has 168 valence electrons. The van der Waals surface area contributed by atoms with E-state index in [2.05, 4.69) is 30.3 Å². The minimum atomic E-state index is 0.00355. The van der Waals surface area contributed by atoms with Crippen LogP contribution in [0.1, 0.15) is 16.3 Å². The number of carbonyl (C=O) groups excluding carboxylic acids is 1. The maximum atomic E-state index is 13.2. The molecule has 4 aromatic rings. The second-order valence-electron chi connectivity index (χ2n) is 7.79. The molecule has 1 aliphatic rings. The molecule has 0 saturated carbocycles. The zero-order chi connectivity index (χ0) is 22.8. The summed E-state index contributed by atoms with van der Waals surface area (Å²) in [7, 11) is 1.82.